The second-order valence-corrected chi connectivity index (χ2v) is 8.54. The fraction of sp³-hybridized carbons (Fsp3) is 0.259. The van der Waals surface area contributed by atoms with Gasteiger partial charge < -0.3 is 19.9 Å². The first-order valence-electron chi connectivity index (χ1n) is 11.1. The fourth-order valence-electron chi connectivity index (χ4n) is 5.21. The minimum atomic E-state index is -1.53. The van der Waals surface area contributed by atoms with E-state index in [4.69, 9.17) is 9.47 Å². The van der Waals surface area contributed by atoms with Gasteiger partial charge in [-0.15, -0.1) is 0 Å². The van der Waals surface area contributed by atoms with Gasteiger partial charge in [-0.2, -0.15) is 0 Å². The van der Waals surface area contributed by atoms with Crippen LogP contribution >= 0.6 is 0 Å². The quantitative estimate of drug-likeness (QED) is 0.589. The van der Waals surface area contributed by atoms with Crippen LogP contribution in [0.1, 0.15) is 41.0 Å². The molecule has 0 aromatic heterocycles. The molecule has 0 fully saturated rings. The topological polar surface area (TPSA) is 84.9 Å². The highest BCUT2D eigenvalue weighted by Gasteiger charge is 2.45. The fourth-order valence-corrected chi connectivity index (χ4v) is 5.21. The summed E-state index contributed by atoms with van der Waals surface area (Å²) in [6, 6.07) is 21.5. The van der Waals surface area contributed by atoms with Crippen LogP contribution in [0.3, 0.4) is 0 Å². The Hall–Kier alpha value is -3.80. The average molecular weight is 443 g/mol. The molecule has 3 aromatic rings. The molecule has 2 aliphatic rings. The van der Waals surface area contributed by atoms with E-state index in [0.29, 0.717) is 24.2 Å². The van der Waals surface area contributed by atoms with Gasteiger partial charge in [0.15, 0.2) is 5.54 Å². The minimum absolute atomic E-state index is 0.0909. The van der Waals surface area contributed by atoms with Crippen molar-refractivity contribution in [2.24, 2.45) is 0 Å². The van der Waals surface area contributed by atoms with E-state index in [2.05, 4.69) is 17.4 Å². The molecule has 5 rings (SSSR count). The molecule has 0 saturated heterocycles. The van der Waals surface area contributed by atoms with Crippen molar-refractivity contribution in [3.63, 3.8) is 0 Å². The lowest BCUT2D eigenvalue weighted by Gasteiger charge is -2.36. The maximum Gasteiger partial charge on any atom is 0.408 e. The van der Waals surface area contributed by atoms with Gasteiger partial charge in [0.1, 0.15) is 12.4 Å². The van der Waals surface area contributed by atoms with Crippen LogP contribution in [0.4, 0.5) is 4.79 Å². The number of nitrogens with one attached hydrogen (secondary N) is 1. The van der Waals surface area contributed by atoms with Crippen molar-refractivity contribution in [1.29, 1.82) is 0 Å². The van der Waals surface area contributed by atoms with E-state index in [1.807, 2.05) is 42.5 Å². The molecule has 2 aliphatic carbocycles. The summed E-state index contributed by atoms with van der Waals surface area (Å²) in [5.74, 6) is -0.523. The van der Waals surface area contributed by atoms with Gasteiger partial charge in [0.05, 0.1) is 7.11 Å². The van der Waals surface area contributed by atoms with E-state index < -0.39 is 17.6 Å². The van der Waals surface area contributed by atoms with E-state index in [0.717, 1.165) is 34.2 Å². The molecule has 0 radical (unpaired) electrons. The van der Waals surface area contributed by atoms with Crippen LogP contribution in [-0.4, -0.2) is 30.9 Å². The first-order valence-corrected chi connectivity index (χ1v) is 11.1. The summed E-state index contributed by atoms with van der Waals surface area (Å²) in [5, 5.41) is 12.8. The van der Waals surface area contributed by atoms with Crippen LogP contribution in [0.15, 0.2) is 66.7 Å². The Balaban J connectivity index is 1.38. The number of aliphatic carboxylic acids is 1. The van der Waals surface area contributed by atoms with Crippen LogP contribution in [0.2, 0.25) is 0 Å². The second-order valence-electron chi connectivity index (χ2n) is 8.54. The van der Waals surface area contributed by atoms with Crippen molar-refractivity contribution in [2.75, 3.05) is 13.7 Å². The Morgan fingerprint density at radius 1 is 1.03 bits per heavy atom. The van der Waals surface area contributed by atoms with E-state index in [-0.39, 0.29) is 12.5 Å². The van der Waals surface area contributed by atoms with Crippen molar-refractivity contribution in [3.8, 4) is 16.9 Å². The zero-order chi connectivity index (χ0) is 23.0. The summed E-state index contributed by atoms with van der Waals surface area (Å²) >= 11 is 0. The Labute approximate surface area is 192 Å². The highest BCUT2D eigenvalue weighted by molar-refractivity contribution is 5.87. The monoisotopic (exact) mass is 443 g/mol. The number of ether oxygens (including phenoxy) is 2. The number of hydrogen-bond donors (Lipinski definition) is 2. The predicted molar refractivity (Wildman–Crippen MR) is 123 cm³/mol. The van der Waals surface area contributed by atoms with Crippen molar-refractivity contribution >= 4 is 12.1 Å². The number of alkyl carbamates (subject to hydrolysis) is 1. The molecule has 6 heteroatoms. The predicted octanol–water partition coefficient (Wildman–Crippen LogP) is 4.85. The smallest absolute Gasteiger partial charge is 0.408 e. The SMILES string of the molecule is COc1ccc2c(c1)CCCC2(NC(=O)OCC1c2ccccc2-c2ccccc21)C(=O)O. The molecule has 6 nitrogen and oxygen atoms in total. The Morgan fingerprint density at radius 3 is 2.33 bits per heavy atom. The van der Waals surface area contributed by atoms with E-state index >= 15 is 0 Å². The Kier molecular flexibility index (Phi) is 5.29. The number of carbonyl (C=O) groups is 2. The number of carboxylic acid groups (broad SMARTS) is 1. The van der Waals surface area contributed by atoms with Crippen LogP contribution in [0, 0.1) is 0 Å². The molecule has 0 saturated carbocycles. The van der Waals surface area contributed by atoms with Gasteiger partial charge >= 0.3 is 12.1 Å². The maximum absolute atomic E-state index is 12.9. The van der Waals surface area contributed by atoms with Crippen LogP contribution < -0.4 is 10.1 Å². The zero-order valence-electron chi connectivity index (χ0n) is 18.3. The first kappa shape index (κ1) is 21.1. The number of amides is 1. The van der Waals surface area contributed by atoms with Gasteiger partial charge in [-0.05, 0) is 64.8 Å². The van der Waals surface area contributed by atoms with Gasteiger partial charge in [0.2, 0.25) is 0 Å². The van der Waals surface area contributed by atoms with E-state index in [1.54, 1.807) is 19.2 Å². The summed E-state index contributed by atoms with van der Waals surface area (Å²) in [6.45, 7) is 0.130. The maximum atomic E-state index is 12.9. The lowest BCUT2D eigenvalue weighted by Crippen LogP contribution is -2.53. The van der Waals surface area contributed by atoms with E-state index in [9.17, 15) is 14.7 Å². The molecule has 33 heavy (non-hydrogen) atoms. The Morgan fingerprint density at radius 2 is 1.70 bits per heavy atom. The molecule has 168 valence electrons. The minimum Gasteiger partial charge on any atom is -0.497 e. The summed E-state index contributed by atoms with van der Waals surface area (Å²) < 4.78 is 10.9. The number of aryl methyl sites for hydroxylation is 1. The summed E-state index contributed by atoms with van der Waals surface area (Å²) in [6.07, 6.45) is 0.929. The van der Waals surface area contributed by atoms with Gasteiger partial charge in [-0.1, -0.05) is 54.6 Å². The van der Waals surface area contributed by atoms with Gasteiger partial charge in [0.25, 0.3) is 0 Å². The number of carbonyl (C=O) groups excluding carboxylic acids is 1. The molecule has 0 spiro atoms. The molecular formula is C27H25NO5. The van der Waals surface area contributed by atoms with Gasteiger partial charge in [-0.3, -0.25) is 0 Å². The zero-order valence-corrected chi connectivity index (χ0v) is 18.3. The largest absolute Gasteiger partial charge is 0.497 e. The normalized spacial score (nSPS) is 18.6. The third-order valence-corrected chi connectivity index (χ3v) is 6.79. The van der Waals surface area contributed by atoms with Crippen molar-refractivity contribution < 1.29 is 24.2 Å². The number of fused-ring (bicyclic) bond motifs is 4. The molecule has 3 aromatic carbocycles. The van der Waals surface area contributed by atoms with Gasteiger partial charge in [0, 0.05) is 5.92 Å². The highest BCUT2D eigenvalue weighted by atomic mass is 16.5. The van der Waals surface area contributed by atoms with Crippen LogP contribution in [-0.2, 0) is 21.5 Å². The lowest BCUT2D eigenvalue weighted by molar-refractivity contribution is -0.145. The van der Waals surface area contributed by atoms with E-state index in [1.165, 1.54) is 0 Å². The molecule has 2 N–H and O–H groups in total. The van der Waals surface area contributed by atoms with Crippen molar-refractivity contribution in [1.82, 2.24) is 5.32 Å². The summed E-state index contributed by atoms with van der Waals surface area (Å²) in [4.78, 5) is 25.3. The van der Waals surface area contributed by atoms with Crippen molar-refractivity contribution in [2.45, 2.75) is 30.7 Å². The number of carboxylic acids is 1. The molecular weight excluding hydrogens is 418 g/mol. The molecule has 0 heterocycles. The standard InChI is InChI=1S/C27H25NO5/c1-32-18-12-13-24-17(15-18)7-6-14-27(24,25(29)30)28-26(31)33-16-23-21-10-4-2-8-19(21)20-9-3-5-11-22(20)23/h2-5,8-13,15,23H,6-7,14,16H2,1H3,(H,28,31)(H,29,30). The van der Waals surface area contributed by atoms with Crippen molar-refractivity contribution in [3.05, 3.63) is 89.0 Å². The molecule has 0 bridgehead atoms. The molecule has 1 unspecified atom stereocenters. The average Bonchev–Trinajstić information content (AvgIpc) is 3.16. The number of hydrogen-bond acceptors (Lipinski definition) is 4. The third-order valence-electron chi connectivity index (χ3n) is 6.79. The summed E-state index contributed by atoms with van der Waals surface area (Å²) in [5.41, 5.74) is 4.41. The van der Waals surface area contributed by atoms with Crippen LogP contribution in [0.5, 0.6) is 5.75 Å². The summed E-state index contributed by atoms with van der Waals surface area (Å²) in [7, 11) is 1.57. The highest BCUT2D eigenvalue weighted by Crippen LogP contribution is 2.44. The van der Waals surface area contributed by atoms with Crippen LogP contribution in [0.25, 0.3) is 11.1 Å². The first-order chi connectivity index (χ1) is 16.0. The molecule has 0 aliphatic heterocycles. The number of rotatable bonds is 5. The lowest BCUT2D eigenvalue weighted by atomic mass is 9.76. The van der Waals surface area contributed by atoms with Gasteiger partial charge in [-0.25, -0.2) is 9.59 Å². The number of methoxy groups -OCH3 is 1. The Bertz CT molecular complexity index is 1190. The molecule has 1 amide bonds. The second kappa shape index (κ2) is 8.28. The number of benzene rings is 3. The third kappa shape index (κ3) is 3.52. The molecule has 1 atom stereocenters.